The average molecular weight is 372 g/mol. The quantitative estimate of drug-likeness (QED) is 0.651. The fourth-order valence-electron chi connectivity index (χ4n) is 2.95. The number of rotatable bonds is 3. The van der Waals surface area contributed by atoms with Crippen LogP contribution in [0.25, 0.3) is 0 Å². The number of ether oxygens (including phenoxy) is 1. The van der Waals surface area contributed by atoms with Crippen LogP contribution in [0.4, 0.5) is 29.1 Å². The van der Waals surface area contributed by atoms with Gasteiger partial charge in [-0.15, -0.1) is 0 Å². The predicted molar refractivity (Wildman–Crippen MR) is 98.4 cm³/mol. The minimum absolute atomic E-state index is 0.171. The number of anilines is 2. The molecule has 2 rings (SSSR count). The van der Waals surface area contributed by atoms with E-state index in [0.29, 0.717) is 37.6 Å². The molecule has 1 aliphatic rings. The highest BCUT2D eigenvalue weighted by molar-refractivity contribution is 6.57. The smallest absolute Gasteiger partial charge is 0.449 e. The molecule has 1 amide bonds. The van der Waals surface area contributed by atoms with Crippen molar-refractivity contribution in [1.29, 1.82) is 0 Å². The monoisotopic (exact) mass is 372 g/mol. The highest BCUT2D eigenvalue weighted by Crippen LogP contribution is 2.30. The van der Waals surface area contributed by atoms with Crippen LogP contribution in [0, 0.1) is 6.92 Å². The first-order chi connectivity index (χ1) is 11.9. The van der Waals surface area contributed by atoms with Crippen LogP contribution in [0.1, 0.15) is 31.9 Å². The van der Waals surface area contributed by atoms with Gasteiger partial charge in [-0.25, -0.2) is 4.79 Å². The molecule has 5 nitrogen and oxygen atoms in total. The fourth-order valence-corrected chi connectivity index (χ4v) is 2.95. The minimum Gasteiger partial charge on any atom is -0.449 e. The molecule has 2 N–H and O–H groups in total. The van der Waals surface area contributed by atoms with Crippen molar-refractivity contribution >= 4 is 24.4 Å². The van der Waals surface area contributed by atoms with Crippen LogP contribution in [-0.2, 0) is 11.1 Å². The standard InChI is InChI=1S/C17H26BF3N3O2/c1-12-14(22)9-13(11-18(19,20)21)10-15(12)23-5-7-24(8-6-23)16(25)26-17(2,3)4/h9-10H,5-8,11,22H2,1-4H3/q-1. The van der Waals surface area contributed by atoms with Gasteiger partial charge in [-0.1, -0.05) is 11.9 Å². The van der Waals surface area contributed by atoms with Crippen LogP contribution >= 0.6 is 0 Å². The van der Waals surface area contributed by atoms with E-state index in [-0.39, 0.29) is 11.7 Å². The Hall–Kier alpha value is -2.06. The second-order valence-corrected chi connectivity index (χ2v) is 7.70. The van der Waals surface area contributed by atoms with Crippen LogP contribution in [0.5, 0.6) is 0 Å². The molecule has 0 spiro atoms. The number of nitrogens with zero attached hydrogens (tertiary/aromatic N) is 2. The van der Waals surface area contributed by atoms with E-state index in [4.69, 9.17) is 10.5 Å². The molecular weight excluding hydrogens is 346 g/mol. The third kappa shape index (κ3) is 5.47. The molecule has 1 heterocycles. The van der Waals surface area contributed by atoms with Crippen molar-refractivity contribution in [2.45, 2.75) is 39.6 Å². The Morgan fingerprint density at radius 2 is 1.77 bits per heavy atom. The van der Waals surface area contributed by atoms with E-state index in [2.05, 4.69) is 0 Å². The van der Waals surface area contributed by atoms with E-state index in [9.17, 15) is 17.7 Å². The number of carbonyl (C=O) groups is 1. The lowest BCUT2D eigenvalue weighted by molar-refractivity contribution is 0.0240. The Labute approximate surface area is 152 Å². The molecule has 0 aliphatic carbocycles. The summed E-state index contributed by atoms with van der Waals surface area (Å²) >= 11 is 0. The molecule has 0 saturated carbocycles. The maximum absolute atomic E-state index is 12.8. The van der Waals surface area contributed by atoms with Crippen LogP contribution < -0.4 is 10.6 Å². The predicted octanol–water partition coefficient (Wildman–Crippen LogP) is 3.56. The van der Waals surface area contributed by atoms with Gasteiger partial charge in [0.2, 0.25) is 0 Å². The Morgan fingerprint density at radius 1 is 1.19 bits per heavy atom. The maximum atomic E-state index is 12.8. The van der Waals surface area contributed by atoms with E-state index in [0.717, 1.165) is 5.56 Å². The lowest BCUT2D eigenvalue weighted by Gasteiger charge is -2.37. The lowest BCUT2D eigenvalue weighted by Crippen LogP contribution is -2.50. The third-order valence-corrected chi connectivity index (χ3v) is 4.22. The topological polar surface area (TPSA) is 58.8 Å². The molecule has 0 bridgehead atoms. The van der Waals surface area contributed by atoms with Crippen molar-refractivity contribution in [3.63, 3.8) is 0 Å². The first-order valence-electron chi connectivity index (χ1n) is 8.68. The van der Waals surface area contributed by atoms with Gasteiger partial charge in [0.05, 0.1) is 0 Å². The van der Waals surface area contributed by atoms with Crippen molar-refractivity contribution < 1.29 is 22.5 Å². The molecular formula is C17H26BF3N3O2-. The molecule has 1 aliphatic heterocycles. The van der Waals surface area contributed by atoms with Gasteiger partial charge in [0.25, 0.3) is 0 Å². The zero-order valence-electron chi connectivity index (χ0n) is 15.7. The van der Waals surface area contributed by atoms with Gasteiger partial charge < -0.3 is 33.2 Å². The molecule has 1 aromatic rings. The van der Waals surface area contributed by atoms with Gasteiger partial charge in [0, 0.05) is 37.6 Å². The summed E-state index contributed by atoms with van der Waals surface area (Å²) in [6.07, 6.45) is -1.32. The van der Waals surface area contributed by atoms with Crippen molar-refractivity contribution in [2.75, 3.05) is 36.8 Å². The summed E-state index contributed by atoms with van der Waals surface area (Å²) in [4.78, 5) is 15.7. The lowest BCUT2D eigenvalue weighted by atomic mass is 9.81. The molecule has 146 valence electrons. The number of piperazine rings is 1. The molecule has 0 aromatic heterocycles. The summed E-state index contributed by atoms with van der Waals surface area (Å²) in [7, 11) is 0. The van der Waals surface area contributed by atoms with E-state index < -0.39 is 18.9 Å². The number of carbonyl (C=O) groups excluding carboxylic acids is 1. The van der Waals surface area contributed by atoms with Crippen molar-refractivity contribution in [3.05, 3.63) is 23.3 Å². The molecule has 1 aromatic carbocycles. The summed E-state index contributed by atoms with van der Waals surface area (Å²) in [5, 5.41) is 0. The summed E-state index contributed by atoms with van der Waals surface area (Å²) in [6.45, 7) is 4.22. The van der Waals surface area contributed by atoms with Crippen molar-refractivity contribution in [2.24, 2.45) is 0 Å². The van der Waals surface area contributed by atoms with Gasteiger partial charge in [-0.2, -0.15) is 0 Å². The molecule has 26 heavy (non-hydrogen) atoms. The normalized spacial score (nSPS) is 16.0. The van der Waals surface area contributed by atoms with Gasteiger partial charge in [-0.05, 0) is 45.4 Å². The second-order valence-electron chi connectivity index (χ2n) is 7.70. The Morgan fingerprint density at radius 3 is 2.27 bits per heavy atom. The van der Waals surface area contributed by atoms with Crippen LogP contribution in [0.15, 0.2) is 12.1 Å². The summed E-state index contributed by atoms with van der Waals surface area (Å²) in [5.74, 6) is 0. The summed E-state index contributed by atoms with van der Waals surface area (Å²) in [6, 6.07) is 2.95. The first kappa shape index (κ1) is 20.3. The van der Waals surface area contributed by atoms with E-state index in [1.807, 2.05) is 4.90 Å². The Balaban J connectivity index is 2.10. The highest BCUT2D eigenvalue weighted by atomic mass is 19.4. The van der Waals surface area contributed by atoms with Gasteiger partial charge >= 0.3 is 13.1 Å². The van der Waals surface area contributed by atoms with E-state index in [1.165, 1.54) is 6.07 Å². The number of hydrogen-bond donors (Lipinski definition) is 1. The molecule has 9 heteroatoms. The van der Waals surface area contributed by atoms with Gasteiger partial charge in [0.1, 0.15) is 5.60 Å². The zero-order chi connectivity index (χ0) is 19.7. The molecule has 0 radical (unpaired) electrons. The minimum atomic E-state index is -4.92. The number of hydrogen-bond acceptors (Lipinski definition) is 4. The molecule has 0 unspecified atom stereocenters. The molecule has 1 saturated heterocycles. The van der Waals surface area contributed by atoms with Crippen LogP contribution in [0.3, 0.4) is 0 Å². The number of nitrogen functional groups attached to an aromatic ring is 1. The largest absolute Gasteiger partial charge is 0.482 e. The number of nitrogens with two attached hydrogens (primary N) is 1. The number of halogens is 3. The van der Waals surface area contributed by atoms with Crippen LogP contribution in [-0.4, -0.2) is 49.8 Å². The second kappa shape index (κ2) is 7.29. The fraction of sp³-hybridized carbons (Fsp3) is 0.588. The average Bonchev–Trinajstić information content (AvgIpc) is 2.47. The number of amides is 1. The molecule has 0 atom stereocenters. The zero-order valence-corrected chi connectivity index (χ0v) is 15.7. The Bertz CT molecular complexity index is 666. The van der Waals surface area contributed by atoms with Crippen molar-refractivity contribution in [1.82, 2.24) is 4.90 Å². The van der Waals surface area contributed by atoms with Crippen molar-refractivity contribution in [3.8, 4) is 0 Å². The van der Waals surface area contributed by atoms with Gasteiger partial charge in [-0.3, -0.25) is 0 Å². The third-order valence-electron chi connectivity index (χ3n) is 4.22. The summed E-state index contributed by atoms with van der Waals surface area (Å²) < 4.78 is 43.7. The molecule has 1 fully saturated rings. The summed E-state index contributed by atoms with van der Waals surface area (Å²) in [5.41, 5.74) is 7.34. The Kier molecular flexibility index (Phi) is 5.68. The first-order valence-corrected chi connectivity index (χ1v) is 8.68. The maximum Gasteiger partial charge on any atom is 0.482 e. The highest BCUT2D eigenvalue weighted by Gasteiger charge is 2.28. The number of benzene rings is 1. The van der Waals surface area contributed by atoms with Crippen LogP contribution in [0.2, 0.25) is 0 Å². The van der Waals surface area contributed by atoms with E-state index >= 15 is 0 Å². The SMILES string of the molecule is Cc1c(N)cc(C[B-](F)(F)F)cc1N1CCN(C(=O)OC(C)(C)C)CC1. The van der Waals surface area contributed by atoms with Gasteiger partial charge in [0.15, 0.2) is 0 Å². The van der Waals surface area contributed by atoms with E-state index in [1.54, 1.807) is 38.7 Å².